The maximum Gasteiger partial charge on any atom is 0.390 e. The van der Waals surface area contributed by atoms with Crippen LogP contribution in [0.5, 0.6) is 0 Å². The van der Waals surface area contributed by atoms with Crippen LogP contribution < -0.4 is 5.32 Å². The molecule has 142 valence electrons. The van der Waals surface area contributed by atoms with Crippen LogP contribution in [-0.4, -0.2) is 61.8 Å². The summed E-state index contributed by atoms with van der Waals surface area (Å²) in [6.45, 7) is 4.46. The van der Waals surface area contributed by atoms with Crippen LogP contribution in [0.4, 0.5) is 13.2 Å². The molecule has 3 nitrogen and oxygen atoms in total. The molecule has 2 rings (SSSR count). The second kappa shape index (κ2) is 9.01. The van der Waals surface area contributed by atoms with Crippen LogP contribution in [0, 0.1) is 0 Å². The van der Waals surface area contributed by atoms with Crippen molar-refractivity contribution in [2.75, 3.05) is 33.7 Å². The normalized spacial score (nSPS) is 20.0. The molecule has 0 radical (unpaired) electrons. The van der Waals surface area contributed by atoms with Gasteiger partial charge in [-0.2, -0.15) is 13.2 Å². The number of alkyl halides is 3. The van der Waals surface area contributed by atoms with Crippen molar-refractivity contribution in [3.63, 3.8) is 0 Å². The summed E-state index contributed by atoms with van der Waals surface area (Å²) < 4.78 is 38.1. The Kier molecular flexibility index (Phi) is 7.28. The average Bonchev–Trinajstić information content (AvgIpc) is 2.54. The highest BCUT2D eigenvalue weighted by Gasteiger charge is 2.31. The van der Waals surface area contributed by atoms with Gasteiger partial charge in [0.2, 0.25) is 0 Å². The number of piperidine rings is 1. The van der Waals surface area contributed by atoms with Gasteiger partial charge in [-0.05, 0) is 52.5 Å². The van der Waals surface area contributed by atoms with E-state index in [1.165, 1.54) is 0 Å². The molecular weight excluding hydrogens is 327 g/mol. The van der Waals surface area contributed by atoms with E-state index in [2.05, 4.69) is 29.2 Å². The quantitative estimate of drug-likeness (QED) is 0.803. The van der Waals surface area contributed by atoms with E-state index in [-0.39, 0.29) is 6.04 Å². The highest BCUT2D eigenvalue weighted by molar-refractivity contribution is 5.19. The molecule has 6 heteroatoms. The Morgan fingerprint density at radius 3 is 2.36 bits per heavy atom. The van der Waals surface area contributed by atoms with Gasteiger partial charge in [-0.3, -0.25) is 0 Å². The fraction of sp³-hybridized carbons (Fsp3) is 0.684. The molecule has 1 N–H and O–H groups in total. The molecule has 2 atom stereocenters. The molecule has 1 aliphatic heterocycles. The van der Waals surface area contributed by atoms with Gasteiger partial charge >= 0.3 is 6.18 Å². The summed E-state index contributed by atoms with van der Waals surface area (Å²) in [6.07, 6.45) is -2.75. The lowest BCUT2D eigenvalue weighted by Crippen LogP contribution is -2.46. The molecule has 1 saturated heterocycles. The number of hydrogen-bond donors (Lipinski definition) is 1. The Bertz CT molecular complexity index is 498. The van der Waals surface area contributed by atoms with E-state index in [9.17, 15) is 13.2 Å². The minimum atomic E-state index is -4.15. The number of likely N-dealkylation sites (N-methyl/N-ethyl adjacent to an activating group) is 1. The third-order valence-corrected chi connectivity index (χ3v) is 5.01. The van der Waals surface area contributed by atoms with E-state index >= 15 is 0 Å². The maximum atomic E-state index is 12.7. The van der Waals surface area contributed by atoms with Crippen molar-refractivity contribution in [2.24, 2.45) is 0 Å². The van der Waals surface area contributed by atoms with Crippen molar-refractivity contribution in [2.45, 2.75) is 50.5 Å². The SMILES string of the molecule is C[C@H](CC(F)(F)F)N[C@H](CN(C)C1CCN(C)CC1)c1ccccc1. The van der Waals surface area contributed by atoms with Gasteiger partial charge in [0.15, 0.2) is 0 Å². The lowest BCUT2D eigenvalue weighted by molar-refractivity contribution is -0.139. The predicted octanol–water partition coefficient (Wildman–Crippen LogP) is 3.68. The van der Waals surface area contributed by atoms with E-state index in [0.29, 0.717) is 12.6 Å². The van der Waals surface area contributed by atoms with Crippen molar-refractivity contribution in [3.05, 3.63) is 35.9 Å². The number of likely N-dealkylation sites (tertiary alicyclic amines) is 1. The van der Waals surface area contributed by atoms with Gasteiger partial charge in [-0.15, -0.1) is 0 Å². The first-order valence-corrected chi connectivity index (χ1v) is 9.01. The molecule has 0 aliphatic carbocycles. The van der Waals surface area contributed by atoms with Crippen molar-refractivity contribution >= 4 is 0 Å². The van der Waals surface area contributed by atoms with Crippen LogP contribution in [0.25, 0.3) is 0 Å². The fourth-order valence-corrected chi connectivity index (χ4v) is 3.56. The Balaban J connectivity index is 2.01. The number of rotatable bonds is 7. The molecule has 0 bridgehead atoms. The van der Waals surface area contributed by atoms with Gasteiger partial charge in [0.1, 0.15) is 0 Å². The number of hydrogen-bond acceptors (Lipinski definition) is 3. The molecule has 1 aromatic rings. The lowest BCUT2D eigenvalue weighted by Gasteiger charge is -2.37. The largest absolute Gasteiger partial charge is 0.390 e. The number of benzene rings is 1. The Hall–Kier alpha value is -1.11. The zero-order valence-electron chi connectivity index (χ0n) is 15.4. The molecule has 0 unspecified atom stereocenters. The molecular formula is C19H30F3N3. The molecule has 0 spiro atoms. The standard InChI is InChI=1S/C19H30F3N3/c1-15(13-19(20,21)22)23-18(16-7-5-4-6-8-16)14-25(3)17-9-11-24(2)12-10-17/h4-8,15,17-18,23H,9-14H2,1-3H3/t15-,18-/m1/s1. The summed E-state index contributed by atoms with van der Waals surface area (Å²) >= 11 is 0. The number of halogens is 3. The molecule has 0 amide bonds. The summed E-state index contributed by atoms with van der Waals surface area (Å²) in [5, 5.41) is 3.20. The van der Waals surface area contributed by atoms with Crippen molar-refractivity contribution < 1.29 is 13.2 Å². The summed E-state index contributed by atoms with van der Waals surface area (Å²) in [6, 6.07) is 9.55. The predicted molar refractivity (Wildman–Crippen MR) is 95.6 cm³/mol. The van der Waals surface area contributed by atoms with Gasteiger partial charge in [-0.1, -0.05) is 30.3 Å². The van der Waals surface area contributed by atoms with Gasteiger partial charge in [-0.25, -0.2) is 0 Å². The second-order valence-corrected chi connectivity index (χ2v) is 7.32. The van der Waals surface area contributed by atoms with E-state index < -0.39 is 18.6 Å². The summed E-state index contributed by atoms with van der Waals surface area (Å²) in [7, 11) is 4.21. The molecule has 25 heavy (non-hydrogen) atoms. The third-order valence-electron chi connectivity index (χ3n) is 5.01. The average molecular weight is 357 g/mol. The molecule has 1 aliphatic rings. The molecule has 1 heterocycles. The number of nitrogens with zero attached hydrogens (tertiary/aromatic N) is 2. The van der Waals surface area contributed by atoms with Crippen LogP contribution in [-0.2, 0) is 0 Å². The third kappa shape index (κ3) is 6.96. The van der Waals surface area contributed by atoms with Crippen molar-refractivity contribution in [1.82, 2.24) is 15.1 Å². The maximum absolute atomic E-state index is 12.7. The van der Waals surface area contributed by atoms with Crippen molar-refractivity contribution in [3.8, 4) is 0 Å². The summed E-state index contributed by atoms with van der Waals surface area (Å²) in [5.74, 6) is 0. The Labute approximate surface area is 149 Å². The summed E-state index contributed by atoms with van der Waals surface area (Å²) in [4.78, 5) is 4.63. The van der Waals surface area contributed by atoms with Gasteiger partial charge in [0.05, 0.1) is 6.42 Å². The molecule has 0 aromatic heterocycles. The molecule has 0 saturated carbocycles. The van der Waals surface area contributed by atoms with Crippen LogP contribution in [0.3, 0.4) is 0 Å². The van der Waals surface area contributed by atoms with E-state index in [1.54, 1.807) is 6.92 Å². The minimum absolute atomic E-state index is 0.108. The smallest absolute Gasteiger partial charge is 0.306 e. The monoisotopic (exact) mass is 357 g/mol. The zero-order valence-corrected chi connectivity index (χ0v) is 15.4. The minimum Gasteiger partial charge on any atom is -0.306 e. The van der Waals surface area contributed by atoms with Crippen LogP contribution in [0.15, 0.2) is 30.3 Å². The van der Waals surface area contributed by atoms with Crippen LogP contribution >= 0.6 is 0 Å². The highest BCUT2D eigenvalue weighted by Crippen LogP contribution is 2.24. The first-order chi connectivity index (χ1) is 11.7. The summed E-state index contributed by atoms with van der Waals surface area (Å²) in [5.41, 5.74) is 1.04. The topological polar surface area (TPSA) is 18.5 Å². The molecule has 1 aromatic carbocycles. The number of nitrogens with one attached hydrogen (secondary N) is 1. The first kappa shape index (κ1) is 20.2. The van der Waals surface area contributed by atoms with Crippen LogP contribution in [0.1, 0.15) is 37.8 Å². The fourth-order valence-electron chi connectivity index (χ4n) is 3.56. The Morgan fingerprint density at radius 2 is 1.80 bits per heavy atom. The van der Waals surface area contributed by atoms with Gasteiger partial charge in [0, 0.05) is 24.7 Å². The first-order valence-electron chi connectivity index (χ1n) is 9.01. The lowest BCUT2D eigenvalue weighted by atomic mass is 10.0. The van der Waals surface area contributed by atoms with E-state index in [4.69, 9.17) is 0 Å². The van der Waals surface area contributed by atoms with Crippen molar-refractivity contribution in [1.29, 1.82) is 0 Å². The van der Waals surface area contributed by atoms with Gasteiger partial charge in [0.25, 0.3) is 0 Å². The molecule has 1 fully saturated rings. The van der Waals surface area contributed by atoms with E-state index in [1.807, 2.05) is 30.3 Å². The van der Waals surface area contributed by atoms with Gasteiger partial charge < -0.3 is 15.1 Å². The van der Waals surface area contributed by atoms with Crippen LogP contribution in [0.2, 0.25) is 0 Å². The Morgan fingerprint density at radius 1 is 1.20 bits per heavy atom. The zero-order chi connectivity index (χ0) is 18.4. The second-order valence-electron chi connectivity index (χ2n) is 7.32. The highest BCUT2D eigenvalue weighted by atomic mass is 19.4. The van der Waals surface area contributed by atoms with E-state index in [0.717, 1.165) is 31.5 Å².